The summed E-state index contributed by atoms with van der Waals surface area (Å²) >= 11 is 0. The Balaban J connectivity index is 1.59. The molecular weight excluding hydrogens is 326 g/mol. The first-order valence-corrected chi connectivity index (χ1v) is 10.2. The molecule has 0 amide bonds. The van der Waals surface area contributed by atoms with Gasteiger partial charge in [-0.3, -0.25) is 0 Å². The van der Waals surface area contributed by atoms with Gasteiger partial charge in [0.15, 0.2) is 0 Å². The number of hydrogen-bond acceptors (Lipinski definition) is 5. The molecule has 0 unspecified atom stereocenters. The molecule has 2 fully saturated rings. The van der Waals surface area contributed by atoms with Crippen molar-refractivity contribution in [2.45, 2.75) is 18.8 Å². The quantitative estimate of drug-likeness (QED) is 0.809. The standard InChI is InChI=1S/C17H23N3O3S/c21-24(22)13-10-20-7-1-2-16(17(20)18-24)14-3-5-15(6-4-14)19-8-11-23-12-9-19/h3-6,16H,1-2,7-13H2/t16-/m0/s1. The predicted octanol–water partition coefficient (Wildman–Crippen LogP) is 1.44. The number of hydrogen-bond donors (Lipinski definition) is 0. The lowest BCUT2D eigenvalue weighted by molar-refractivity contribution is 0.122. The van der Waals surface area contributed by atoms with Gasteiger partial charge in [-0.05, 0) is 30.5 Å². The van der Waals surface area contributed by atoms with Gasteiger partial charge in [-0.1, -0.05) is 12.1 Å². The maximum absolute atomic E-state index is 11.9. The Bertz CT molecular complexity index is 724. The number of anilines is 1. The van der Waals surface area contributed by atoms with Crippen molar-refractivity contribution < 1.29 is 13.2 Å². The second-order valence-electron chi connectivity index (χ2n) is 6.61. The Morgan fingerprint density at radius 3 is 2.50 bits per heavy atom. The van der Waals surface area contributed by atoms with Crippen LogP contribution in [0.3, 0.4) is 0 Å². The van der Waals surface area contributed by atoms with E-state index in [1.165, 1.54) is 5.69 Å². The SMILES string of the molecule is O=S1(=O)CCN2CCC[C@@H](c3ccc(N4CCOCC4)cc3)C2=N1. The van der Waals surface area contributed by atoms with E-state index in [4.69, 9.17) is 4.74 Å². The van der Waals surface area contributed by atoms with Crippen molar-refractivity contribution in [3.63, 3.8) is 0 Å². The molecule has 3 heterocycles. The molecule has 3 aliphatic heterocycles. The third-order valence-corrected chi connectivity index (χ3v) is 6.24. The summed E-state index contributed by atoms with van der Waals surface area (Å²) in [6.07, 6.45) is 2.04. The number of ether oxygens (including phenoxy) is 1. The van der Waals surface area contributed by atoms with Gasteiger partial charge in [0.25, 0.3) is 10.0 Å². The Kier molecular flexibility index (Phi) is 4.22. The Morgan fingerprint density at radius 1 is 1.00 bits per heavy atom. The fraction of sp³-hybridized carbons (Fsp3) is 0.588. The first-order chi connectivity index (χ1) is 11.6. The molecule has 1 atom stereocenters. The minimum absolute atomic E-state index is 0.0903. The molecule has 24 heavy (non-hydrogen) atoms. The minimum atomic E-state index is -3.30. The van der Waals surface area contributed by atoms with Crippen molar-refractivity contribution in [1.29, 1.82) is 0 Å². The molecule has 1 aromatic rings. The summed E-state index contributed by atoms with van der Waals surface area (Å²) in [7, 11) is -3.30. The van der Waals surface area contributed by atoms with Gasteiger partial charge in [-0.15, -0.1) is 4.40 Å². The molecule has 0 radical (unpaired) electrons. The van der Waals surface area contributed by atoms with Crippen LogP contribution in [-0.2, 0) is 14.8 Å². The number of nitrogens with zero attached hydrogens (tertiary/aromatic N) is 3. The van der Waals surface area contributed by atoms with Crippen molar-refractivity contribution >= 4 is 21.5 Å². The third kappa shape index (κ3) is 3.15. The number of amidine groups is 1. The molecule has 6 nitrogen and oxygen atoms in total. The van der Waals surface area contributed by atoms with Crippen LogP contribution in [0.25, 0.3) is 0 Å². The van der Waals surface area contributed by atoms with Crippen molar-refractivity contribution in [3.05, 3.63) is 29.8 Å². The zero-order chi connectivity index (χ0) is 16.6. The van der Waals surface area contributed by atoms with E-state index in [9.17, 15) is 8.42 Å². The molecule has 0 N–H and O–H groups in total. The highest BCUT2D eigenvalue weighted by Gasteiger charge is 2.33. The lowest BCUT2D eigenvalue weighted by atomic mass is 9.89. The van der Waals surface area contributed by atoms with E-state index in [-0.39, 0.29) is 11.7 Å². The summed E-state index contributed by atoms with van der Waals surface area (Å²) in [5, 5.41) is 0. The largest absolute Gasteiger partial charge is 0.378 e. The fourth-order valence-corrected chi connectivity index (χ4v) is 4.84. The van der Waals surface area contributed by atoms with Crippen molar-refractivity contribution in [1.82, 2.24) is 4.90 Å². The van der Waals surface area contributed by atoms with Gasteiger partial charge in [-0.25, -0.2) is 8.42 Å². The van der Waals surface area contributed by atoms with E-state index in [2.05, 4.69) is 38.5 Å². The Morgan fingerprint density at radius 2 is 1.75 bits per heavy atom. The summed E-state index contributed by atoms with van der Waals surface area (Å²) in [6.45, 7) is 4.87. The smallest absolute Gasteiger partial charge is 0.256 e. The van der Waals surface area contributed by atoms with Gasteiger partial charge in [-0.2, -0.15) is 0 Å². The summed E-state index contributed by atoms with van der Waals surface area (Å²) in [5.41, 5.74) is 2.36. The molecule has 0 aromatic heterocycles. The summed E-state index contributed by atoms with van der Waals surface area (Å²) in [6, 6.07) is 8.53. The van der Waals surface area contributed by atoms with Crippen LogP contribution in [-0.4, -0.2) is 64.3 Å². The number of fused-ring (bicyclic) bond motifs is 1. The molecule has 0 bridgehead atoms. The number of benzene rings is 1. The topological polar surface area (TPSA) is 62.2 Å². The molecule has 0 spiro atoms. The van der Waals surface area contributed by atoms with Gasteiger partial charge in [0.1, 0.15) is 5.84 Å². The maximum Gasteiger partial charge on any atom is 0.256 e. The predicted molar refractivity (Wildman–Crippen MR) is 94.2 cm³/mol. The molecule has 4 rings (SSSR count). The van der Waals surface area contributed by atoms with Crippen LogP contribution in [0.15, 0.2) is 28.7 Å². The highest BCUT2D eigenvalue weighted by Crippen LogP contribution is 2.32. The zero-order valence-corrected chi connectivity index (χ0v) is 14.5. The number of rotatable bonds is 2. The van der Waals surface area contributed by atoms with Crippen LogP contribution in [0.5, 0.6) is 0 Å². The molecule has 1 aromatic carbocycles. The van der Waals surface area contributed by atoms with Crippen LogP contribution in [0.1, 0.15) is 24.3 Å². The average molecular weight is 349 g/mol. The summed E-state index contributed by atoms with van der Waals surface area (Å²) in [4.78, 5) is 4.47. The van der Waals surface area contributed by atoms with E-state index < -0.39 is 10.0 Å². The van der Waals surface area contributed by atoms with E-state index in [1.807, 2.05) is 0 Å². The molecule has 2 saturated heterocycles. The van der Waals surface area contributed by atoms with E-state index in [1.54, 1.807) is 0 Å². The van der Waals surface area contributed by atoms with Crippen molar-refractivity contribution in [3.8, 4) is 0 Å². The van der Waals surface area contributed by atoms with Crippen LogP contribution >= 0.6 is 0 Å². The van der Waals surface area contributed by atoms with Gasteiger partial charge >= 0.3 is 0 Å². The average Bonchev–Trinajstić information content (AvgIpc) is 2.61. The highest BCUT2D eigenvalue weighted by atomic mass is 32.2. The van der Waals surface area contributed by atoms with Crippen molar-refractivity contribution in [2.75, 3.05) is 50.0 Å². The minimum Gasteiger partial charge on any atom is -0.378 e. The Hall–Kier alpha value is -1.60. The van der Waals surface area contributed by atoms with Crippen LogP contribution in [0.2, 0.25) is 0 Å². The molecule has 130 valence electrons. The summed E-state index contributed by atoms with van der Waals surface area (Å²) < 4.78 is 33.3. The van der Waals surface area contributed by atoms with Gasteiger partial charge in [0.05, 0.1) is 19.0 Å². The monoisotopic (exact) mass is 349 g/mol. The number of sulfonamides is 1. The Labute approximate surface area is 143 Å². The molecule has 3 aliphatic rings. The normalized spacial score (nSPS) is 26.7. The second-order valence-corrected chi connectivity index (χ2v) is 8.36. The van der Waals surface area contributed by atoms with Gasteiger partial charge in [0.2, 0.25) is 0 Å². The molecular formula is C17H23N3O3S. The van der Waals surface area contributed by atoms with Gasteiger partial charge < -0.3 is 14.5 Å². The highest BCUT2D eigenvalue weighted by molar-refractivity contribution is 7.90. The van der Waals surface area contributed by atoms with Crippen molar-refractivity contribution in [2.24, 2.45) is 4.40 Å². The lowest BCUT2D eigenvalue weighted by Crippen LogP contribution is -2.46. The lowest BCUT2D eigenvalue weighted by Gasteiger charge is -2.38. The first-order valence-electron chi connectivity index (χ1n) is 8.62. The van der Waals surface area contributed by atoms with Crippen LogP contribution in [0.4, 0.5) is 5.69 Å². The summed E-state index contributed by atoms with van der Waals surface area (Å²) in [5.74, 6) is 0.971. The zero-order valence-electron chi connectivity index (χ0n) is 13.7. The van der Waals surface area contributed by atoms with Crippen LogP contribution in [0, 0.1) is 0 Å². The first kappa shape index (κ1) is 15.9. The maximum atomic E-state index is 11.9. The van der Waals surface area contributed by atoms with Crippen LogP contribution < -0.4 is 4.90 Å². The van der Waals surface area contributed by atoms with E-state index >= 15 is 0 Å². The van der Waals surface area contributed by atoms with Gasteiger partial charge in [0, 0.05) is 37.8 Å². The van der Waals surface area contributed by atoms with E-state index in [0.29, 0.717) is 6.54 Å². The number of morpholine rings is 1. The molecule has 0 saturated carbocycles. The number of piperidine rings is 1. The second kappa shape index (κ2) is 6.37. The third-order valence-electron chi connectivity index (χ3n) is 5.08. The van der Waals surface area contributed by atoms with E-state index in [0.717, 1.165) is 57.1 Å². The fourth-order valence-electron chi connectivity index (χ4n) is 3.77. The molecule has 0 aliphatic carbocycles. The molecule has 7 heteroatoms.